The van der Waals surface area contributed by atoms with E-state index < -0.39 is 11.6 Å². The van der Waals surface area contributed by atoms with E-state index in [1.54, 1.807) is 41.0 Å². The predicted molar refractivity (Wildman–Crippen MR) is 88.8 cm³/mol. The second-order valence-electron chi connectivity index (χ2n) is 6.76. The monoisotopic (exact) mass is 347 g/mol. The van der Waals surface area contributed by atoms with Gasteiger partial charge in [0.2, 0.25) is 5.91 Å². The molecule has 0 unspecified atom stereocenters. The molecule has 3 heterocycles. The summed E-state index contributed by atoms with van der Waals surface area (Å²) in [6.07, 6.45) is 1.95. The molecule has 0 bridgehead atoms. The number of hydrogen-bond donors (Lipinski definition) is 0. The fourth-order valence-electron chi connectivity index (χ4n) is 4.03. The van der Waals surface area contributed by atoms with Gasteiger partial charge in [-0.1, -0.05) is 11.6 Å². The highest BCUT2D eigenvalue weighted by atomic mass is 35.5. The van der Waals surface area contributed by atoms with Gasteiger partial charge in [0.05, 0.1) is 0 Å². The van der Waals surface area contributed by atoms with E-state index in [2.05, 4.69) is 0 Å². The maximum absolute atomic E-state index is 12.8. The number of nitrogens with zero attached hydrogens (tertiary/aromatic N) is 3. The van der Waals surface area contributed by atoms with Gasteiger partial charge in [0.25, 0.3) is 5.91 Å². The molecule has 126 valence electrons. The van der Waals surface area contributed by atoms with Gasteiger partial charge in [0.1, 0.15) is 11.6 Å². The Bertz CT molecular complexity index is 735. The first-order valence-corrected chi connectivity index (χ1v) is 8.53. The summed E-state index contributed by atoms with van der Waals surface area (Å²) in [7, 11) is 0. The molecule has 24 heavy (non-hydrogen) atoms. The van der Waals surface area contributed by atoms with Crippen molar-refractivity contribution in [3.8, 4) is 0 Å². The Kier molecular flexibility index (Phi) is 3.35. The maximum Gasteiger partial charge on any atom is 0.328 e. The van der Waals surface area contributed by atoms with Gasteiger partial charge >= 0.3 is 6.03 Å². The second-order valence-corrected chi connectivity index (χ2v) is 7.19. The molecule has 7 heteroatoms. The summed E-state index contributed by atoms with van der Waals surface area (Å²) in [4.78, 5) is 42.7. The summed E-state index contributed by atoms with van der Waals surface area (Å²) in [6, 6.07) is 5.96. The van der Waals surface area contributed by atoms with Gasteiger partial charge in [-0.2, -0.15) is 0 Å². The molecule has 1 aromatic carbocycles. The van der Waals surface area contributed by atoms with Gasteiger partial charge in [0, 0.05) is 23.8 Å². The van der Waals surface area contributed by atoms with Crippen LogP contribution in [-0.2, 0) is 9.59 Å². The van der Waals surface area contributed by atoms with E-state index in [1.807, 2.05) is 0 Å². The highest BCUT2D eigenvalue weighted by Gasteiger charge is 2.59. The Hall–Kier alpha value is -2.08. The Labute approximate surface area is 144 Å². The van der Waals surface area contributed by atoms with Crippen LogP contribution in [0.2, 0.25) is 5.02 Å². The summed E-state index contributed by atoms with van der Waals surface area (Å²) in [5, 5.41) is 0.598. The third-order valence-electron chi connectivity index (χ3n) is 5.38. The molecule has 0 spiro atoms. The third kappa shape index (κ3) is 1.99. The first-order valence-electron chi connectivity index (χ1n) is 8.16. The van der Waals surface area contributed by atoms with Crippen molar-refractivity contribution >= 4 is 35.1 Å². The number of urea groups is 1. The van der Waals surface area contributed by atoms with Crippen LogP contribution in [0.25, 0.3) is 0 Å². The molecule has 4 rings (SSSR count). The molecule has 0 radical (unpaired) electrons. The number of carbonyl (C=O) groups is 3. The summed E-state index contributed by atoms with van der Waals surface area (Å²) < 4.78 is 0. The van der Waals surface area contributed by atoms with Crippen molar-refractivity contribution in [2.45, 2.75) is 37.8 Å². The lowest BCUT2D eigenvalue weighted by atomic mass is 9.99. The maximum atomic E-state index is 12.8. The lowest BCUT2D eigenvalue weighted by molar-refractivity contribution is -0.136. The first-order chi connectivity index (χ1) is 11.4. The van der Waals surface area contributed by atoms with Gasteiger partial charge in [0.15, 0.2) is 0 Å². The smallest absolute Gasteiger partial charge is 0.311 e. The predicted octanol–water partition coefficient (Wildman–Crippen LogP) is 2.26. The van der Waals surface area contributed by atoms with Crippen LogP contribution in [0.1, 0.15) is 26.2 Å². The number of rotatable bonds is 2. The van der Waals surface area contributed by atoms with E-state index >= 15 is 0 Å². The molecule has 6 nitrogen and oxygen atoms in total. The van der Waals surface area contributed by atoms with Crippen molar-refractivity contribution in [3.63, 3.8) is 0 Å². The molecule has 0 saturated carbocycles. The SMILES string of the molecule is C[C@@]12CCCN1C(=O)N([C@@H]1CCN(c3ccc(Cl)cc3)C1=O)C2=O. The van der Waals surface area contributed by atoms with Crippen molar-refractivity contribution < 1.29 is 14.4 Å². The van der Waals surface area contributed by atoms with Gasteiger partial charge in [-0.3, -0.25) is 9.59 Å². The normalized spacial score (nSPS) is 29.8. The Morgan fingerprint density at radius 3 is 2.50 bits per heavy atom. The van der Waals surface area contributed by atoms with E-state index in [9.17, 15) is 14.4 Å². The number of amides is 4. The number of hydrogen-bond acceptors (Lipinski definition) is 3. The van der Waals surface area contributed by atoms with Crippen molar-refractivity contribution in [2.75, 3.05) is 18.0 Å². The highest BCUT2D eigenvalue weighted by Crippen LogP contribution is 2.40. The quantitative estimate of drug-likeness (QED) is 0.771. The number of carbonyl (C=O) groups excluding carboxylic acids is 3. The number of anilines is 1. The zero-order chi connectivity index (χ0) is 17.1. The lowest BCUT2D eigenvalue weighted by Gasteiger charge is -2.23. The fourth-order valence-corrected chi connectivity index (χ4v) is 4.15. The standard InChI is InChI=1S/C17H18ClN3O3/c1-17-8-2-9-20(17)16(24)21(15(17)23)13-7-10-19(14(13)22)12-5-3-11(18)4-6-12/h3-6,13H,2,7-10H2,1H3/t13-,17+/m1/s1. The molecule has 0 aliphatic carbocycles. The average Bonchev–Trinajstić information content (AvgIpc) is 3.17. The van der Waals surface area contributed by atoms with Gasteiger partial charge in [-0.25, -0.2) is 9.69 Å². The minimum absolute atomic E-state index is 0.205. The molecule has 2 atom stereocenters. The zero-order valence-electron chi connectivity index (χ0n) is 13.4. The van der Waals surface area contributed by atoms with E-state index in [0.29, 0.717) is 31.0 Å². The van der Waals surface area contributed by atoms with Crippen LogP contribution in [-0.4, -0.2) is 52.3 Å². The van der Waals surface area contributed by atoms with Gasteiger partial charge in [-0.15, -0.1) is 0 Å². The molecule has 0 N–H and O–H groups in total. The third-order valence-corrected chi connectivity index (χ3v) is 5.64. The van der Waals surface area contributed by atoms with Crippen LogP contribution in [0, 0.1) is 0 Å². The molecular formula is C17H18ClN3O3. The topological polar surface area (TPSA) is 60.9 Å². The molecule has 3 aliphatic rings. The van der Waals surface area contributed by atoms with Crippen molar-refractivity contribution in [1.29, 1.82) is 0 Å². The largest absolute Gasteiger partial charge is 0.328 e. The number of imide groups is 1. The zero-order valence-corrected chi connectivity index (χ0v) is 14.1. The number of halogens is 1. The molecule has 3 aliphatic heterocycles. The Balaban J connectivity index is 1.60. The summed E-state index contributed by atoms with van der Waals surface area (Å²) in [5.41, 5.74) is -0.0388. The summed E-state index contributed by atoms with van der Waals surface area (Å²) in [5.74, 6) is -0.440. The van der Waals surface area contributed by atoms with E-state index in [4.69, 9.17) is 11.6 Å². The summed E-state index contributed by atoms with van der Waals surface area (Å²) >= 11 is 5.89. The van der Waals surface area contributed by atoms with E-state index in [-0.39, 0.29) is 17.8 Å². The van der Waals surface area contributed by atoms with Crippen LogP contribution in [0.15, 0.2) is 24.3 Å². The lowest BCUT2D eigenvalue weighted by Crippen LogP contribution is -2.47. The van der Waals surface area contributed by atoms with Crippen LogP contribution in [0.4, 0.5) is 10.5 Å². The van der Waals surface area contributed by atoms with E-state index in [0.717, 1.165) is 12.1 Å². The summed E-state index contributed by atoms with van der Waals surface area (Å²) in [6.45, 7) is 2.87. The van der Waals surface area contributed by atoms with E-state index in [1.165, 1.54) is 4.90 Å². The Morgan fingerprint density at radius 1 is 1.12 bits per heavy atom. The van der Waals surface area contributed by atoms with Gasteiger partial charge in [-0.05, 0) is 50.5 Å². The molecule has 3 saturated heterocycles. The Morgan fingerprint density at radius 2 is 1.83 bits per heavy atom. The number of benzene rings is 1. The number of fused-ring (bicyclic) bond motifs is 1. The van der Waals surface area contributed by atoms with Crippen molar-refractivity contribution in [1.82, 2.24) is 9.80 Å². The molecule has 1 aromatic rings. The minimum atomic E-state index is -0.773. The van der Waals surface area contributed by atoms with Crippen LogP contribution in [0.5, 0.6) is 0 Å². The second kappa shape index (κ2) is 5.21. The van der Waals surface area contributed by atoms with Gasteiger partial charge < -0.3 is 9.80 Å². The first kappa shape index (κ1) is 15.4. The molecule has 4 amide bonds. The minimum Gasteiger partial charge on any atom is -0.311 e. The fraction of sp³-hybridized carbons (Fsp3) is 0.471. The molecule has 3 fully saturated rings. The van der Waals surface area contributed by atoms with Crippen molar-refractivity contribution in [2.24, 2.45) is 0 Å². The molecular weight excluding hydrogens is 330 g/mol. The van der Waals surface area contributed by atoms with Crippen LogP contribution < -0.4 is 4.90 Å². The van der Waals surface area contributed by atoms with Crippen LogP contribution in [0.3, 0.4) is 0 Å². The van der Waals surface area contributed by atoms with Crippen LogP contribution >= 0.6 is 11.6 Å². The van der Waals surface area contributed by atoms with Crippen molar-refractivity contribution in [3.05, 3.63) is 29.3 Å². The highest BCUT2D eigenvalue weighted by molar-refractivity contribution is 6.30. The molecule has 0 aromatic heterocycles. The average molecular weight is 348 g/mol.